The number of oxime groups is 1. The molecule has 15 heteroatoms. The lowest BCUT2D eigenvalue weighted by Gasteiger charge is -2.20. The van der Waals surface area contributed by atoms with E-state index in [1.807, 2.05) is 0 Å². The third-order valence-electron chi connectivity index (χ3n) is 5.09. The maximum absolute atomic E-state index is 12.8. The molecule has 2 unspecified atom stereocenters. The Morgan fingerprint density at radius 1 is 1.13 bits per heavy atom. The van der Waals surface area contributed by atoms with E-state index in [0.717, 1.165) is 14.2 Å². The topological polar surface area (TPSA) is 128 Å². The summed E-state index contributed by atoms with van der Waals surface area (Å²) < 4.78 is 63.3. The zero-order valence-electron chi connectivity index (χ0n) is 21.2. The van der Waals surface area contributed by atoms with E-state index in [2.05, 4.69) is 24.6 Å². The van der Waals surface area contributed by atoms with Crippen LogP contribution in [-0.4, -0.2) is 54.9 Å². The van der Waals surface area contributed by atoms with E-state index in [0.29, 0.717) is 23.5 Å². The molecule has 0 bridgehead atoms. The van der Waals surface area contributed by atoms with E-state index in [4.69, 9.17) is 30.6 Å². The van der Waals surface area contributed by atoms with Crippen LogP contribution in [0.2, 0.25) is 5.02 Å². The second kappa shape index (κ2) is 13.1. The van der Waals surface area contributed by atoms with Crippen molar-refractivity contribution in [1.29, 1.82) is 0 Å². The monoisotopic (exact) mass is 563 g/mol. The van der Waals surface area contributed by atoms with Crippen LogP contribution in [0.5, 0.6) is 11.6 Å². The fraction of sp³-hybridized carbons (Fsp3) is 0.435. The van der Waals surface area contributed by atoms with Gasteiger partial charge in [0.15, 0.2) is 6.10 Å². The number of ether oxygens (including phenoxy) is 5. The van der Waals surface area contributed by atoms with Gasteiger partial charge in [-0.25, -0.2) is 14.6 Å². The van der Waals surface area contributed by atoms with Gasteiger partial charge in [-0.05, 0) is 33.8 Å². The number of pyridine rings is 2. The second-order valence-electron chi connectivity index (χ2n) is 7.69. The number of hydrogen-bond acceptors (Lipinski definition) is 11. The summed E-state index contributed by atoms with van der Waals surface area (Å²) in [4.78, 5) is 36.7. The van der Waals surface area contributed by atoms with Gasteiger partial charge in [0.2, 0.25) is 5.88 Å². The van der Waals surface area contributed by atoms with Crippen molar-refractivity contribution in [2.24, 2.45) is 5.16 Å². The lowest BCUT2D eigenvalue weighted by Crippen LogP contribution is -2.28. The van der Waals surface area contributed by atoms with Crippen LogP contribution in [0, 0.1) is 13.8 Å². The normalized spacial score (nSPS) is 13.0. The quantitative estimate of drug-likeness (QED) is 0.222. The van der Waals surface area contributed by atoms with Gasteiger partial charge < -0.3 is 28.5 Å². The molecule has 0 saturated carbocycles. The number of nitrogens with zero attached hydrogens (tertiary/aromatic N) is 3. The lowest BCUT2D eigenvalue weighted by atomic mass is 10.1. The number of hydrogen-bond donors (Lipinski definition) is 0. The van der Waals surface area contributed by atoms with Crippen molar-refractivity contribution in [2.45, 2.75) is 52.7 Å². The van der Waals surface area contributed by atoms with Gasteiger partial charge in [-0.15, -0.1) is 0 Å². The predicted molar refractivity (Wildman–Crippen MR) is 126 cm³/mol. The first-order valence-corrected chi connectivity index (χ1v) is 11.2. The van der Waals surface area contributed by atoms with Crippen molar-refractivity contribution >= 4 is 30.1 Å². The highest BCUT2D eigenvalue weighted by Crippen LogP contribution is 2.33. The smallest absolute Gasteiger partial charge is 0.470 e. The summed E-state index contributed by atoms with van der Waals surface area (Å²) in [7, 11) is 2.26. The summed E-state index contributed by atoms with van der Waals surface area (Å²) in [5.74, 6) is -0.182. The fourth-order valence-electron chi connectivity index (χ4n) is 2.73. The summed E-state index contributed by atoms with van der Waals surface area (Å²) in [5, 5.41) is 3.56. The van der Waals surface area contributed by atoms with Gasteiger partial charge in [0, 0.05) is 17.5 Å². The van der Waals surface area contributed by atoms with E-state index in [-0.39, 0.29) is 34.5 Å². The van der Waals surface area contributed by atoms with E-state index in [1.165, 1.54) is 6.21 Å². The summed E-state index contributed by atoms with van der Waals surface area (Å²) in [6.07, 6.45) is -6.32. The van der Waals surface area contributed by atoms with Crippen LogP contribution in [0.3, 0.4) is 0 Å². The minimum Gasteiger partial charge on any atom is -0.470 e. The third-order valence-corrected chi connectivity index (χ3v) is 5.36. The van der Waals surface area contributed by atoms with Gasteiger partial charge in [-0.3, -0.25) is 4.98 Å². The minimum absolute atomic E-state index is 0.0397. The van der Waals surface area contributed by atoms with Crippen LogP contribution in [-0.2, 0) is 31.8 Å². The van der Waals surface area contributed by atoms with Crippen molar-refractivity contribution in [1.82, 2.24) is 9.97 Å². The van der Waals surface area contributed by atoms with Crippen LogP contribution in [0.1, 0.15) is 41.9 Å². The molecule has 2 heterocycles. The van der Waals surface area contributed by atoms with Gasteiger partial charge in [0.05, 0.1) is 37.3 Å². The Hall–Kier alpha value is -3.81. The number of carbonyl (C=O) groups is 2. The van der Waals surface area contributed by atoms with E-state index < -0.39 is 36.3 Å². The molecule has 2 aromatic rings. The van der Waals surface area contributed by atoms with Crippen LogP contribution in [0.4, 0.5) is 22.8 Å². The Bertz CT molecular complexity index is 1190. The largest absolute Gasteiger partial charge is 0.513 e. The molecule has 38 heavy (non-hydrogen) atoms. The maximum Gasteiger partial charge on any atom is 0.513 e. The molecule has 2 aromatic heterocycles. The molecule has 0 N–H and O–H groups in total. The van der Waals surface area contributed by atoms with Crippen molar-refractivity contribution in [3.63, 3.8) is 0 Å². The minimum atomic E-state index is -4.60. The Kier molecular flexibility index (Phi) is 10.5. The summed E-state index contributed by atoms with van der Waals surface area (Å²) in [5.41, 5.74) is 0.251. The first-order chi connectivity index (χ1) is 17.8. The van der Waals surface area contributed by atoms with Crippen LogP contribution >= 0.6 is 11.6 Å². The molecule has 11 nitrogen and oxygen atoms in total. The number of methoxy groups -OCH3 is 2. The maximum atomic E-state index is 12.8. The Morgan fingerprint density at radius 3 is 2.37 bits per heavy atom. The predicted octanol–water partition coefficient (Wildman–Crippen LogP) is 5.40. The molecule has 0 aliphatic rings. The molecule has 0 aliphatic carbocycles. The number of halogens is 4. The SMILES string of the molecule is COC(=O)OCc1nc(C)c(C)c(OC(=O)OC)c1/C=N/OC(C)C(C)Oc1ncc(C(F)(F)F)cc1Cl. The van der Waals surface area contributed by atoms with E-state index >= 15 is 0 Å². The van der Waals surface area contributed by atoms with Gasteiger partial charge in [0.25, 0.3) is 0 Å². The molecule has 0 saturated heterocycles. The lowest BCUT2D eigenvalue weighted by molar-refractivity contribution is -0.137. The number of aromatic nitrogens is 2. The average Bonchev–Trinajstić information content (AvgIpc) is 2.86. The number of aryl methyl sites for hydroxylation is 1. The molecule has 0 spiro atoms. The first-order valence-electron chi connectivity index (χ1n) is 10.8. The molecule has 2 atom stereocenters. The molecule has 0 aliphatic heterocycles. The molecule has 2 rings (SSSR count). The molecule has 0 fully saturated rings. The standard InChI is InChI=1S/C23H25ClF3N3O8/c1-11-12(2)30-18(10-35-21(31)33-5)16(19(11)37-22(32)34-6)9-29-38-14(4)13(3)36-20-17(24)7-15(8-28-20)23(25,26)27/h7-9,13-14H,10H2,1-6H3/b29-9+. The Morgan fingerprint density at radius 2 is 1.79 bits per heavy atom. The number of alkyl halides is 3. The van der Waals surface area contributed by atoms with Gasteiger partial charge >= 0.3 is 18.5 Å². The molecule has 0 amide bonds. The highest BCUT2D eigenvalue weighted by atomic mass is 35.5. The Labute approximate surface area is 220 Å². The van der Waals surface area contributed by atoms with Crippen LogP contribution in [0.25, 0.3) is 0 Å². The molecule has 208 valence electrons. The van der Waals surface area contributed by atoms with Crippen molar-refractivity contribution in [3.05, 3.63) is 45.4 Å². The first kappa shape index (κ1) is 30.4. The average molecular weight is 564 g/mol. The zero-order valence-corrected chi connectivity index (χ0v) is 22.0. The molecular weight excluding hydrogens is 539 g/mol. The van der Waals surface area contributed by atoms with Crippen molar-refractivity contribution in [2.75, 3.05) is 14.2 Å². The highest BCUT2D eigenvalue weighted by Gasteiger charge is 2.32. The Balaban J connectivity index is 2.25. The van der Waals surface area contributed by atoms with E-state index in [1.54, 1.807) is 27.7 Å². The van der Waals surface area contributed by atoms with Gasteiger partial charge in [0.1, 0.15) is 23.5 Å². The van der Waals surface area contributed by atoms with Gasteiger partial charge in [-0.1, -0.05) is 16.8 Å². The highest BCUT2D eigenvalue weighted by molar-refractivity contribution is 6.31. The summed E-state index contributed by atoms with van der Waals surface area (Å²) >= 11 is 5.89. The second-order valence-corrected chi connectivity index (χ2v) is 8.09. The summed E-state index contributed by atoms with van der Waals surface area (Å²) in [6.45, 7) is 6.09. The molecule has 0 aromatic carbocycles. The van der Waals surface area contributed by atoms with Crippen LogP contribution in [0.15, 0.2) is 17.4 Å². The molecular formula is C23H25ClF3N3O8. The number of rotatable bonds is 9. The van der Waals surface area contributed by atoms with Crippen molar-refractivity contribution in [3.8, 4) is 11.6 Å². The third kappa shape index (κ3) is 8.10. The fourth-order valence-corrected chi connectivity index (χ4v) is 2.94. The summed E-state index contributed by atoms with van der Waals surface area (Å²) in [6, 6.07) is 0.702. The van der Waals surface area contributed by atoms with Crippen LogP contribution < -0.4 is 9.47 Å². The van der Waals surface area contributed by atoms with E-state index in [9.17, 15) is 22.8 Å². The zero-order chi connectivity index (χ0) is 28.6. The van der Waals surface area contributed by atoms with Crippen molar-refractivity contribution < 1.29 is 51.3 Å². The number of carbonyl (C=O) groups excluding carboxylic acids is 2. The van der Waals surface area contributed by atoms with Gasteiger partial charge in [-0.2, -0.15) is 13.2 Å². The molecule has 0 radical (unpaired) electrons.